The Morgan fingerprint density at radius 2 is 1.96 bits per heavy atom. The average Bonchev–Trinajstić information content (AvgIpc) is 3.06. The van der Waals surface area contributed by atoms with Gasteiger partial charge in [0.05, 0.1) is 17.3 Å². The van der Waals surface area contributed by atoms with Crippen molar-refractivity contribution >= 4 is 28.1 Å². The molecule has 2 N–H and O–H groups in total. The number of azo groups is 1. The number of fused-ring (bicyclic) bond motifs is 1. The van der Waals surface area contributed by atoms with Crippen molar-refractivity contribution in [2.24, 2.45) is 10.2 Å². The van der Waals surface area contributed by atoms with Gasteiger partial charge in [-0.15, -0.1) is 5.11 Å². The van der Waals surface area contributed by atoms with E-state index in [4.69, 9.17) is 0 Å². The third-order valence-electron chi connectivity index (χ3n) is 4.66. The van der Waals surface area contributed by atoms with Gasteiger partial charge in [-0.25, -0.2) is 0 Å². The van der Waals surface area contributed by atoms with E-state index in [2.05, 4.69) is 32.7 Å². The highest BCUT2D eigenvalue weighted by atomic mass is 32.1. The SMILES string of the molecule is O=C(Cc1sc(N=NC2CCCc3ccccc32)nc1O)Nc1ccccc1. The van der Waals surface area contributed by atoms with E-state index in [0.29, 0.717) is 15.7 Å². The van der Waals surface area contributed by atoms with Crippen LogP contribution in [0.2, 0.25) is 0 Å². The summed E-state index contributed by atoms with van der Waals surface area (Å²) in [5.74, 6) is -0.374. The van der Waals surface area contributed by atoms with Crippen LogP contribution in [0, 0.1) is 0 Å². The van der Waals surface area contributed by atoms with Crippen molar-refractivity contribution in [3.05, 3.63) is 70.6 Å². The van der Waals surface area contributed by atoms with Gasteiger partial charge in [0.1, 0.15) is 0 Å². The molecule has 0 saturated heterocycles. The topological polar surface area (TPSA) is 86.9 Å². The minimum absolute atomic E-state index is 0.0147. The number of para-hydroxylation sites is 1. The Morgan fingerprint density at radius 1 is 1.18 bits per heavy atom. The smallest absolute Gasteiger partial charge is 0.233 e. The zero-order valence-electron chi connectivity index (χ0n) is 15.2. The van der Waals surface area contributed by atoms with Crippen LogP contribution in [-0.4, -0.2) is 16.0 Å². The maximum absolute atomic E-state index is 12.2. The number of thiazole rings is 1. The molecule has 0 saturated carbocycles. The van der Waals surface area contributed by atoms with Crippen LogP contribution in [0.4, 0.5) is 10.8 Å². The predicted octanol–water partition coefficient (Wildman–Crippen LogP) is 5.19. The second kappa shape index (κ2) is 8.31. The minimum atomic E-state index is -0.213. The highest BCUT2D eigenvalue weighted by molar-refractivity contribution is 7.15. The molecule has 1 atom stereocenters. The van der Waals surface area contributed by atoms with Crippen LogP contribution in [0.1, 0.15) is 34.9 Å². The third kappa shape index (κ3) is 4.26. The van der Waals surface area contributed by atoms with Gasteiger partial charge in [0.15, 0.2) is 0 Å². The summed E-state index contributed by atoms with van der Waals surface area (Å²) < 4.78 is 0. The first kappa shape index (κ1) is 18.3. The summed E-state index contributed by atoms with van der Waals surface area (Å²) in [5.41, 5.74) is 3.24. The van der Waals surface area contributed by atoms with Gasteiger partial charge in [-0.05, 0) is 42.5 Å². The Bertz CT molecular complexity index is 1000. The summed E-state index contributed by atoms with van der Waals surface area (Å²) in [7, 11) is 0. The van der Waals surface area contributed by atoms with E-state index in [-0.39, 0.29) is 24.2 Å². The molecule has 0 spiro atoms. The molecule has 28 heavy (non-hydrogen) atoms. The number of aromatic nitrogens is 1. The fraction of sp³-hybridized carbons (Fsp3) is 0.238. The molecule has 1 aliphatic rings. The van der Waals surface area contributed by atoms with Crippen LogP contribution in [-0.2, 0) is 17.6 Å². The third-order valence-corrected chi connectivity index (χ3v) is 5.59. The number of nitrogens with zero attached hydrogens (tertiary/aromatic N) is 3. The Hall–Kier alpha value is -3.06. The van der Waals surface area contributed by atoms with Crippen LogP contribution in [0.15, 0.2) is 64.8 Å². The minimum Gasteiger partial charge on any atom is -0.492 e. The van der Waals surface area contributed by atoms with Crippen molar-refractivity contribution in [2.45, 2.75) is 31.7 Å². The summed E-state index contributed by atoms with van der Waals surface area (Å²) in [5, 5.41) is 21.9. The molecule has 0 fully saturated rings. The molecule has 1 aliphatic carbocycles. The number of carbonyl (C=O) groups is 1. The van der Waals surface area contributed by atoms with Gasteiger partial charge in [-0.3, -0.25) is 4.79 Å². The van der Waals surface area contributed by atoms with E-state index in [1.807, 2.05) is 42.5 Å². The molecular weight excluding hydrogens is 372 g/mol. The molecule has 1 unspecified atom stereocenters. The Kier molecular flexibility index (Phi) is 5.43. The van der Waals surface area contributed by atoms with Crippen molar-refractivity contribution in [3.8, 4) is 5.88 Å². The molecule has 4 rings (SSSR count). The number of amides is 1. The van der Waals surface area contributed by atoms with Crippen LogP contribution < -0.4 is 5.32 Å². The van der Waals surface area contributed by atoms with E-state index in [9.17, 15) is 9.90 Å². The monoisotopic (exact) mass is 392 g/mol. The van der Waals surface area contributed by atoms with Gasteiger partial charge in [0, 0.05) is 5.69 Å². The van der Waals surface area contributed by atoms with Crippen molar-refractivity contribution in [2.75, 3.05) is 5.32 Å². The Balaban J connectivity index is 1.43. The number of hydrogen-bond donors (Lipinski definition) is 2. The molecule has 0 aliphatic heterocycles. The lowest BCUT2D eigenvalue weighted by molar-refractivity contribution is -0.115. The number of carbonyl (C=O) groups excluding carboxylic acids is 1. The molecule has 0 bridgehead atoms. The normalized spacial score (nSPS) is 16.1. The van der Waals surface area contributed by atoms with Crippen molar-refractivity contribution in [1.29, 1.82) is 0 Å². The van der Waals surface area contributed by atoms with Gasteiger partial charge in [0.25, 0.3) is 0 Å². The van der Waals surface area contributed by atoms with Gasteiger partial charge >= 0.3 is 0 Å². The number of aromatic hydroxyl groups is 1. The highest BCUT2D eigenvalue weighted by Gasteiger charge is 2.20. The highest BCUT2D eigenvalue weighted by Crippen LogP contribution is 2.35. The summed E-state index contributed by atoms with van der Waals surface area (Å²) in [6.07, 6.45) is 3.14. The van der Waals surface area contributed by atoms with E-state index in [0.717, 1.165) is 19.3 Å². The average molecular weight is 392 g/mol. The van der Waals surface area contributed by atoms with E-state index >= 15 is 0 Å². The first-order valence-corrected chi connectivity index (χ1v) is 10.0. The molecule has 2 aromatic carbocycles. The number of nitrogens with one attached hydrogen (secondary N) is 1. The Morgan fingerprint density at radius 3 is 2.82 bits per heavy atom. The molecule has 3 aromatic rings. The largest absolute Gasteiger partial charge is 0.492 e. The fourth-order valence-corrected chi connectivity index (χ4v) is 4.11. The quantitative estimate of drug-likeness (QED) is 0.586. The van der Waals surface area contributed by atoms with Gasteiger partial charge in [-0.2, -0.15) is 10.1 Å². The standard InChI is InChI=1S/C21H20N4O2S/c26-19(22-15-9-2-1-3-10-15)13-18-20(27)23-21(28-18)25-24-17-12-6-8-14-7-4-5-11-16(14)17/h1-5,7,9-11,17,27H,6,8,12-13H2,(H,22,26). The lowest BCUT2D eigenvalue weighted by Gasteiger charge is -2.20. The van der Waals surface area contributed by atoms with Crippen molar-refractivity contribution in [1.82, 2.24) is 4.98 Å². The summed E-state index contributed by atoms with van der Waals surface area (Å²) in [6, 6.07) is 17.5. The zero-order valence-corrected chi connectivity index (χ0v) is 16.0. The van der Waals surface area contributed by atoms with E-state index < -0.39 is 0 Å². The number of hydrogen-bond acceptors (Lipinski definition) is 6. The molecule has 1 aromatic heterocycles. The second-order valence-corrected chi connectivity index (χ2v) is 7.72. The van der Waals surface area contributed by atoms with E-state index in [1.165, 1.54) is 22.5 Å². The summed E-state index contributed by atoms with van der Waals surface area (Å²) >= 11 is 1.19. The molecule has 7 heteroatoms. The summed E-state index contributed by atoms with van der Waals surface area (Å²) in [4.78, 5) is 16.7. The molecule has 1 heterocycles. The van der Waals surface area contributed by atoms with Gasteiger partial charge in [-0.1, -0.05) is 53.8 Å². The van der Waals surface area contributed by atoms with Crippen molar-refractivity contribution in [3.63, 3.8) is 0 Å². The fourth-order valence-electron chi connectivity index (χ4n) is 3.33. The second-order valence-electron chi connectivity index (χ2n) is 6.66. The van der Waals surface area contributed by atoms with Crippen LogP contribution in [0.25, 0.3) is 0 Å². The van der Waals surface area contributed by atoms with E-state index in [1.54, 1.807) is 0 Å². The van der Waals surface area contributed by atoms with Gasteiger partial charge in [0.2, 0.25) is 16.9 Å². The molecule has 0 radical (unpaired) electrons. The number of rotatable bonds is 5. The van der Waals surface area contributed by atoms with Crippen molar-refractivity contribution < 1.29 is 9.90 Å². The molecule has 142 valence electrons. The first-order chi connectivity index (χ1) is 13.7. The van der Waals surface area contributed by atoms with Crippen LogP contribution in [0.3, 0.4) is 0 Å². The van der Waals surface area contributed by atoms with Gasteiger partial charge < -0.3 is 10.4 Å². The molecule has 6 nitrogen and oxygen atoms in total. The zero-order chi connectivity index (χ0) is 19.3. The summed E-state index contributed by atoms with van der Waals surface area (Å²) in [6.45, 7) is 0. The molecule has 1 amide bonds. The molecular formula is C21H20N4O2S. The lowest BCUT2D eigenvalue weighted by atomic mass is 9.88. The maximum Gasteiger partial charge on any atom is 0.233 e. The number of benzene rings is 2. The number of aryl methyl sites for hydroxylation is 1. The Labute approximate surface area is 167 Å². The first-order valence-electron chi connectivity index (χ1n) is 9.21. The number of anilines is 1. The van der Waals surface area contributed by atoms with Crippen LogP contribution >= 0.6 is 11.3 Å². The van der Waals surface area contributed by atoms with Crippen LogP contribution in [0.5, 0.6) is 5.88 Å². The predicted molar refractivity (Wildman–Crippen MR) is 109 cm³/mol. The maximum atomic E-state index is 12.2. The lowest BCUT2D eigenvalue weighted by Crippen LogP contribution is -2.13.